The van der Waals surface area contributed by atoms with Crippen molar-refractivity contribution in [3.8, 4) is 0 Å². The van der Waals surface area contributed by atoms with Crippen molar-refractivity contribution in [3.05, 3.63) is 101 Å². The molecule has 4 heteroatoms. The number of hydrogen-bond acceptors (Lipinski definition) is 0. The van der Waals surface area contributed by atoms with Crippen LogP contribution in [0.25, 0.3) is 17.0 Å². The molecule has 0 N–H and O–H groups in total. The maximum atomic E-state index is 4.81. The Hall–Kier alpha value is -1.34. The van der Waals surface area contributed by atoms with Gasteiger partial charge in [0.1, 0.15) is 0 Å². The van der Waals surface area contributed by atoms with E-state index in [4.69, 9.17) is 5.32 Å². The molecule has 25 heavy (non-hydrogen) atoms. The molecule has 0 heterocycles. The Morgan fingerprint density at radius 2 is 1.32 bits per heavy atom. The number of rotatable bonds is 3. The van der Waals surface area contributed by atoms with Crippen LogP contribution in [0.1, 0.15) is 16.7 Å². The number of allylic oxidation sites excluding steroid dienone is 1. The third-order valence-electron chi connectivity index (χ3n) is 4.02. The molecular weight excluding hydrogens is 428 g/mol. The summed E-state index contributed by atoms with van der Waals surface area (Å²) in [6.07, 6.45) is 3.27. The average molecular weight is 444 g/mol. The van der Waals surface area contributed by atoms with Gasteiger partial charge in [-0.1, -0.05) is 84.9 Å². The van der Waals surface area contributed by atoms with Crippen LogP contribution in [0, 0.1) is 0 Å². The quantitative estimate of drug-likeness (QED) is 0.545. The van der Waals surface area contributed by atoms with Crippen LogP contribution in [-0.2, 0) is 32.6 Å². The standard InChI is InChI=1S/C21H16N.2ClH.Zr/c1-2-10-19(11-3-1)22-21-13-7-6-12-20(21)18-14-16-8-4-5-9-17(16)15-18;;;/h1-14H,15H2;2*1H;/q-1;;;+3/p-2. The van der Waals surface area contributed by atoms with Gasteiger partial charge in [-0.2, -0.15) is 0 Å². The van der Waals surface area contributed by atoms with E-state index in [2.05, 4.69) is 48.5 Å². The van der Waals surface area contributed by atoms with Crippen LogP contribution in [0.4, 0.5) is 11.4 Å². The zero-order valence-electron chi connectivity index (χ0n) is 13.5. The first kappa shape index (κ1) is 21.7. The molecule has 1 aliphatic rings. The van der Waals surface area contributed by atoms with Crippen molar-refractivity contribution >= 4 is 23.0 Å². The molecule has 0 aromatic heterocycles. The first-order valence-corrected chi connectivity index (χ1v) is 7.55. The Kier molecular flexibility index (Phi) is 8.66. The summed E-state index contributed by atoms with van der Waals surface area (Å²) < 4.78 is 0. The van der Waals surface area contributed by atoms with Gasteiger partial charge in [-0.3, -0.25) is 0 Å². The molecule has 3 aromatic rings. The van der Waals surface area contributed by atoms with Crippen LogP contribution >= 0.6 is 0 Å². The predicted octanol–water partition coefficient (Wildman–Crippen LogP) is 0.126. The number of benzene rings is 3. The van der Waals surface area contributed by atoms with Gasteiger partial charge < -0.3 is 30.1 Å². The van der Waals surface area contributed by atoms with Crippen LogP contribution in [0.5, 0.6) is 0 Å². The summed E-state index contributed by atoms with van der Waals surface area (Å²) in [7, 11) is 0. The second-order valence-corrected chi connectivity index (χ2v) is 5.51. The first-order valence-electron chi connectivity index (χ1n) is 7.55. The van der Waals surface area contributed by atoms with E-state index in [9.17, 15) is 0 Å². The number of fused-ring (bicyclic) bond motifs is 1. The maximum Gasteiger partial charge on any atom is 3.00 e. The summed E-state index contributed by atoms with van der Waals surface area (Å²) in [4.78, 5) is 0. The van der Waals surface area contributed by atoms with Gasteiger partial charge in [-0.25, -0.2) is 0 Å². The topological polar surface area (TPSA) is 14.1 Å². The number of para-hydroxylation sites is 2. The Morgan fingerprint density at radius 1 is 0.680 bits per heavy atom. The Balaban J connectivity index is 0.00000104. The van der Waals surface area contributed by atoms with E-state index in [1.165, 1.54) is 22.3 Å². The summed E-state index contributed by atoms with van der Waals surface area (Å²) in [5.41, 5.74) is 7.32. The van der Waals surface area contributed by atoms with Crippen molar-refractivity contribution in [1.29, 1.82) is 0 Å². The summed E-state index contributed by atoms with van der Waals surface area (Å²) in [5.74, 6) is 0. The number of hydrogen-bond donors (Lipinski definition) is 0. The van der Waals surface area contributed by atoms with Gasteiger partial charge in [-0.15, -0.1) is 11.4 Å². The Bertz CT molecular complexity index is 847. The fourth-order valence-electron chi connectivity index (χ4n) is 2.94. The fourth-order valence-corrected chi connectivity index (χ4v) is 2.94. The minimum absolute atomic E-state index is 0. The smallest absolute Gasteiger partial charge is 1.00 e. The van der Waals surface area contributed by atoms with E-state index in [1.807, 2.05) is 36.4 Å². The maximum absolute atomic E-state index is 4.81. The average Bonchev–Trinajstić information content (AvgIpc) is 3.00. The second kappa shape index (κ2) is 9.97. The van der Waals surface area contributed by atoms with Crippen LogP contribution in [0.3, 0.4) is 0 Å². The third kappa shape index (κ3) is 4.85. The van der Waals surface area contributed by atoms with Crippen molar-refractivity contribution < 1.29 is 51.0 Å². The van der Waals surface area contributed by atoms with Gasteiger partial charge in [0.25, 0.3) is 0 Å². The van der Waals surface area contributed by atoms with Crippen LogP contribution < -0.4 is 24.8 Å². The van der Waals surface area contributed by atoms with Crippen LogP contribution in [0.2, 0.25) is 0 Å². The van der Waals surface area contributed by atoms with Crippen molar-refractivity contribution in [3.63, 3.8) is 0 Å². The number of nitrogens with zero attached hydrogens (tertiary/aromatic N) is 1. The zero-order chi connectivity index (χ0) is 14.8. The molecule has 0 bridgehead atoms. The van der Waals surface area contributed by atoms with E-state index in [1.54, 1.807) is 0 Å². The first-order chi connectivity index (χ1) is 10.9. The molecule has 0 spiro atoms. The van der Waals surface area contributed by atoms with Crippen LogP contribution in [0.15, 0.2) is 78.9 Å². The van der Waals surface area contributed by atoms with E-state index in [-0.39, 0.29) is 51.0 Å². The fraction of sp³-hybridized carbons (Fsp3) is 0.0476. The Labute approximate surface area is 180 Å². The monoisotopic (exact) mass is 442 g/mol. The molecule has 4 rings (SSSR count). The molecule has 1 nitrogen and oxygen atoms in total. The summed E-state index contributed by atoms with van der Waals surface area (Å²) in [5, 5.41) is 4.81. The van der Waals surface area contributed by atoms with Crippen molar-refractivity contribution in [2.24, 2.45) is 0 Å². The minimum Gasteiger partial charge on any atom is -1.00 e. The predicted molar refractivity (Wildman–Crippen MR) is 93.6 cm³/mol. The van der Waals surface area contributed by atoms with Gasteiger partial charge in [0.05, 0.1) is 0 Å². The Morgan fingerprint density at radius 3 is 2.08 bits per heavy atom. The van der Waals surface area contributed by atoms with E-state index < -0.39 is 0 Å². The number of halogens is 2. The van der Waals surface area contributed by atoms with Gasteiger partial charge in [0.15, 0.2) is 0 Å². The molecule has 0 fully saturated rings. The molecule has 0 unspecified atom stereocenters. The largest absolute Gasteiger partial charge is 3.00 e. The van der Waals surface area contributed by atoms with Gasteiger partial charge >= 0.3 is 26.2 Å². The second-order valence-electron chi connectivity index (χ2n) is 5.51. The molecule has 123 valence electrons. The van der Waals surface area contributed by atoms with Gasteiger partial charge in [-0.05, 0) is 28.7 Å². The molecule has 0 atom stereocenters. The minimum atomic E-state index is 0. The van der Waals surface area contributed by atoms with Crippen LogP contribution in [-0.4, -0.2) is 0 Å². The molecule has 0 saturated heterocycles. The molecule has 1 radical (unpaired) electrons. The molecule has 0 amide bonds. The zero-order valence-corrected chi connectivity index (χ0v) is 17.5. The van der Waals surface area contributed by atoms with Crippen molar-refractivity contribution in [2.75, 3.05) is 0 Å². The summed E-state index contributed by atoms with van der Waals surface area (Å²) in [6.45, 7) is 0. The summed E-state index contributed by atoms with van der Waals surface area (Å²) >= 11 is 0. The van der Waals surface area contributed by atoms with Crippen molar-refractivity contribution in [1.82, 2.24) is 0 Å². The molecule has 0 aliphatic heterocycles. The van der Waals surface area contributed by atoms with E-state index in [0.717, 1.165) is 17.8 Å². The van der Waals surface area contributed by atoms with Gasteiger partial charge in [0, 0.05) is 0 Å². The van der Waals surface area contributed by atoms with E-state index >= 15 is 0 Å². The van der Waals surface area contributed by atoms with E-state index in [0.29, 0.717) is 0 Å². The summed E-state index contributed by atoms with van der Waals surface area (Å²) in [6, 6.07) is 27.1. The van der Waals surface area contributed by atoms with Gasteiger partial charge in [0.2, 0.25) is 0 Å². The normalized spacial score (nSPS) is 11.1. The third-order valence-corrected chi connectivity index (χ3v) is 4.02. The molecular formula is C21H16Cl2NZr. The SMILES string of the molecule is C1=C(c2ccccc2[N-]c2ccccc2)Cc2ccccc21.[Cl-].[Cl-].[Zr+3]. The van der Waals surface area contributed by atoms with Crippen molar-refractivity contribution in [2.45, 2.75) is 6.42 Å². The molecule has 1 aliphatic carbocycles. The molecule has 0 saturated carbocycles. The molecule has 3 aromatic carbocycles.